The molecule has 0 bridgehead atoms. The highest BCUT2D eigenvalue weighted by atomic mass is 16.5. The van der Waals surface area contributed by atoms with Gasteiger partial charge in [0.05, 0.1) is 18.6 Å². The second-order valence-electron chi connectivity index (χ2n) is 6.07. The molecule has 6 heteroatoms. The third-order valence-corrected chi connectivity index (χ3v) is 4.24. The first-order valence-corrected chi connectivity index (χ1v) is 8.99. The van der Waals surface area contributed by atoms with Gasteiger partial charge in [-0.15, -0.1) is 5.10 Å². The molecule has 0 aliphatic heterocycles. The van der Waals surface area contributed by atoms with E-state index in [9.17, 15) is 5.26 Å². The molecule has 0 fully saturated rings. The second-order valence-corrected chi connectivity index (χ2v) is 6.07. The molecular formula is C21H22N4O2. The van der Waals surface area contributed by atoms with E-state index in [0.29, 0.717) is 24.6 Å². The molecule has 3 rings (SSSR count). The van der Waals surface area contributed by atoms with Gasteiger partial charge in [-0.25, -0.2) is 0 Å². The van der Waals surface area contributed by atoms with Crippen molar-refractivity contribution >= 4 is 11.5 Å². The predicted molar refractivity (Wildman–Crippen MR) is 102 cm³/mol. The zero-order valence-corrected chi connectivity index (χ0v) is 15.5. The number of furan rings is 1. The normalized spacial score (nSPS) is 10.6. The van der Waals surface area contributed by atoms with Gasteiger partial charge in [0.2, 0.25) is 0 Å². The SMILES string of the molecule is CCc1nnc(Nc2cccc(COCc3ccco3)c2)c(C#N)c1CC. The molecule has 0 amide bonds. The van der Waals surface area contributed by atoms with Crippen LogP contribution in [-0.4, -0.2) is 10.2 Å². The number of anilines is 2. The van der Waals surface area contributed by atoms with Crippen LogP contribution in [0.3, 0.4) is 0 Å². The second kappa shape index (κ2) is 8.97. The molecular weight excluding hydrogens is 340 g/mol. The number of aromatic nitrogens is 2. The molecule has 3 aromatic rings. The minimum absolute atomic E-state index is 0.424. The highest BCUT2D eigenvalue weighted by molar-refractivity contribution is 5.65. The molecule has 0 saturated heterocycles. The van der Waals surface area contributed by atoms with Crippen molar-refractivity contribution in [2.24, 2.45) is 0 Å². The fourth-order valence-electron chi connectivity index (χ4n) is 2.92. The molecule has 1 N–H and O–H groups in total. The van der Waals surface area contributed by atoms with Crippen LogP contribution >= 0.6 is 0 Å². The van der Waals surface area contributed by atoms with Crippen LogP contribution in [-0.2, 0) is 30.8 Å². The number of nitriles is 1. The van der Waals surface area contributed by atoms with Gasteiger partial charge in [-0.3, -0.25) is 0 Å². The number of hydrogen-bond donors (Lipinski definition) is 1. The Balaban J connectivity index is 1.73. The average Bonchev–Trinajstić information content (AvgIpc) is 3.21. The summed E-state index contributed by atoms with van der Waals surface area (Å²) in [6.07, 6.45) is 3.13. The van der Waals surface area contributed by atoms with Crippen molar-refractivity contribution in [3.05, 3.63) is 70.8 Å². The van der Waals surface area contributed by atoms with Gasteiger partial charge in [-0.1, -0.05) is 26.0 Å². The van der Waals surface area contributed by atoms with Crippen molar-refractivity contribution in [2.45, 2.75) is 39.9 Å². The molecule has 0 aliphatic rings. The molecule has 2 aromatic heterocycles. The summed E-state index contributed by atoms with van der Waals surface area (Å²) in [5.74, 6) is 1.28. The Bertz CT molecular complexity index is 930. The molecule has 2 heterocycles. The third kappa shape index (κ3) is 4.52. The summed E-state index contributed by atoms with van der Waals surface area (Å²) < 4.78 is 10.9. The number of ether oxygens (including phenoxy) is 1. The fraction of sp³-hybridized carbons (Fsp3) is 0.286. The summed E-state index contributed by atoms with van der Waals surface area (Å²) in [5, 5.41) is 21.3. The maximum Gasteiger partial charge on any atom is 0.171 e. The maximum absolute atomic E-state index is 9.60. The molecule has 27 heavy (non-hydrogen) atoms. The number of nitrogens with one attached hydrogen (secondary N) is 1. The summed E-state index contributed by atoms with van der Waals surface area (Å²) >= 11 is 0. The van der Waals surface area contributed by atoms with E-state index in [0.717, 1.165) is 41.1 Å². The largest absolute Gasteiger partial charge is 0.467 e. The fourth-order valence-corrected chi connectivity index (χ4v) is 2.92. The van der Waals surface area contributed by atoms with Gasteiger partial charge in [0.15, 0.2) is 5.82 Å². The summed E-state index contributed by atoms with van der Waals surface area (Å²) in [7, 11) is 0. The van der Waals surface area contributed by atoms with Gasteiger partial charge in [0.1, 0.15) is 24.0 Å². The first-order chi connectivity index (χ1) is 13.2. The minimum atomic E-state index is 0.424. The van der Waals surface area contributed by atoms with Crippen molar-refractivity contribution in [3.63, 3.8) is 0 Å². The smallest absolute Gasteiger partial charge is 0.171 e. The van der Waals surface area contributed by atoms with Crippen LogP contribution in [0.25, 0.3) is 0 Å². The summed E-state index contributed by atoms with van der Waals surface area (Å²) in [6.45, 7) is 4.93. The van der Waals surface area contributed by atoms with Crippen molar-refractivity contribution < 1.29 is 9.15 Å². The van der Waals surface area contributed by atoms with E-state index in [1.165, 1.54) is 0 Å². The van der Waals surface area contributed by atoms with Gasteiger partial charge in [0.25, 0.3) is 0 Å². The zero-order chi connectivity index (χ0) is 19.1. The quantitative estimate of drug-likeness (QED) is 0.634. The zero-order valence-electron chi connectivity index (χ0n) is 15.5. The molecule has 0 spiro atoms. The van der Waals surface area contributed by atoms with Crippen molar-refractivity contribution in [2.75, 3.05) is 5.32 Å². The lowest BCUT2D eigenvalue weighted by Crippen LogP contribution is -2.07. The van der Waals surface area contributed by atoms with E-state index in [-0.39, 0.29) is 0 Å². The van der Waals surface area contributed by atoms with Crippen LogP contribution in [0.2, 0.25) is 0 Å². The predicted octanol–water partition coefficient (Wildman–Crippen LogP) is 4.53. The van der Waals surface area contributed by atoms with E-state index >= 15 is 0 Å². The third-order valence-electron chi connectivity index (χ3n) is 4.24. The first kappa shape index (κ1) is 18.6. The lowest BCUT2D eigenvalue weighted by Gasteiger charge is -2.12. The maximum atomic E-state index is 9.60. The van der Waals surface area contributed by atoms with E-state index in [2.05, 4.69) is 21.6 Å². The summed E-state index contributed by atoms with van der Waals surface area (Å²) in [6, 6.07) is 13.8. The highest BCUT2D eigenvalue weighted by Gasteiger charge is 2.14. The molecule has 0 aliphatic carbocycles. The lowest BCUT2D eigenvalue weighted by atomic mass is 10.0. The van der Waals surface area contributed by atoms with Crippen molar-refractivity contribution in [1.29, 1.82) is 5.26 Å². The molecule has 0 radical (unpaired) electrons. The monoisotopic (exact) mass is 362 g/mol. The number of rotatable bonds is 8. The topological polar surface area (TPSA) is 84.0 Å². The average molecular weight is 362 g/mol. The van der Waals surface area contributed by atoms with Crippen LogP contribution in [0, 0.1) is 11.3 Å². The van der Waals surface area contributed by atoms with Gasteiger partial charge in [-0.05, 0) is 48.2 Å². The molecule has 1 aromatic carbocycles. The number of hydrogen-bond acceptors (Lipinski definition) is 6. The van der Waals surface area contributed by atoms with Crippen molar-refractivity contribution in [3.8, 4) is 6.07 Å². The number of nitrogens with zero attached hydrogens (tertiary/aromatic N) is 3. The van der Waals surface area contributed by atoms with Gasteiger partial charge in [-0.2, -0.15) is 10.4 Å². The Morgan fingerprint density at radius 3 is 2.70 bits per heavy atom. The van der Waals surface area contributed by atoms with E-state index in [1.807, 2.05) is 50.2 Å². The van der Waals surface area contributed by atoms with Crippen molar-refractivity contribution in [1.82, 2.24) is 10.2 Å². The Morgan fingerprint density at radius 2 is 2.00 bits per heavy atom. The lowest BCUT2D eigenvalue weighted by molar-refractivity contribution is 0.0930. The van der Waals surface area contributed by atoms with Gasteiger partial charge >= 0.3 is 0 Å². The van der Waals surface area contributed by atoms with Crippen LogP contribution < -0.4 is 5.32 Å². The molecule has 0 saturated carbocycles. The van der Waals surface area contributed by atoms with Crippen LogP contribution in [0.4, 0.5) is 11.5 Å². The van der Waals surface area contributed by atoms with E-state index < -0.39 is 0 Å². The van der Waals surface area contributed by atoms with Crippen LogP contribution in [0.15, 0.2) is 47.1 Å². The van der Waals surface area contributed by atoms with E-state index in [1.54, 1.807) is 6.26 Å². The minimum Gasteiger partial charge on any atom is -0.467 e. The number of aryl methyl sites for hydroxylation is 1. The summed E-state index contributed by atoms with van der Waals surface area (Å²) in [4.78, 5) is 0. The highest BCUT2D eigenvalue weighted by Crippen LogP contribution is 2.24. The summed E-state index contributed by atoms with van der Waals surface area (Å²) in [5.41, 5.74) is 4.24. The molecule has 0 atom stereocenters. The Hall–Kier alpha value is -3.17. The van der Waals surface area contributed by atoms with E-state index in [4.69, 9.17) is 9.15 Å². The molecule has 6 nitrogen and oxygen atoms in total. The molecule has 0 unspecified atom stereocenters. The van der Waals surface area contributed by atoms with Gasteiger partial charge in [0, 0.05) is 5.69 Å². The standard InChI is InChI=1S/C21H22N4O2/c1-3-18-19(12-22)21(25-24-20(18)4-2)23-16-8-5-7-15(11-16)13-26-14-17-9-6-10-27-17/h5-11H,3-4,13-14H2,1-2H3,(H,23,25). The van der Waals surface area contributed by atoms with Gasteiger partial charge < -0.3 is 14.5 Å². The molecule has 138 valence electrons. The Kier molecular flexibility index (Phi) is 6.18. The first-order valence-electron chi connectivity index (χ1n) is 8.99. The Morgan fingerprint density at radius 1 is 1.11 bits per heavy atom. The van der Waals surface area contributed by atoms with Crippen LogP contribution in [0.1, 0.15) is 42.0 Å². The number of benzene rings is 1. The van der Waals surface area contributed by atoms with Crippen LogP contribution in [0.5, 0.6) is 0 Å². The Labute approximate surface area is 158 Å².